The second-order valence-corrected chi connectivity index (χ2v) is 4.84. The normalized spacial score (nSPS) is 12.3. The molecule has 0 saturated carbocycles. The molecule has 4 heteroatoms. The van der Waals surface area contributed by atoms with Crippen molar-refractivity contribution < 1.29 is 13.5 Å². The summed E-state index contributed by atoms with van der Waals surface area (Å²) >= 11 is 0. The van der Waals surface area contributed by atoms with Crippen LogP contribution in [0.4, 0.5) is 8.78 Å². The van der Waals surface area contributed by atoms with E-state index < -0.39 is 11.9 Å². The smallest absolute Gasteiger partial charge is 0.165 e. The highest BCUT2D eigenvalue weighted by atomic mass is 19.1. The number of benzene rings is 2. The van der Waals surface area contributed by atoms with Crippen LogP contribution in [0.1, 0.15) is 28.3 Å². The van der Waals surface area contributed by atoms with E-state index in [1.165, 1.54) is 19.2 Å². The number of ether oxygens (including phenoxy) is 1. The lowest BCUT2D eigenvalue weighted by Crippen LogP contribution is -2.13. The Morgan fingerprint density at radius 1 is 1.00 bits per heavy atom. The molecule has 1 unspecified atom stereocenters. The van der Waals surface area contributed by atoms with Crippen LogP contribution in [0.15, 0.2) is 30.3 Å². The van der Waals surface area contributed by atoms with Gasteiger partial charge in [0.05, 0.1) is 13.2 Å². The summed E-state index contributed by atoms with van der Waals surface area (Å²) in [4.78, 5) is 0. The van der Waals surface area contributed by atoms with Crippen LogP contribution >= 0.6 is 0 Å². The molecular weight excluding hydrogens is 260 g/mol. The molecule has 20 heavy (non-hydrogen) atoms. The molecule has 106 valence electrons. The summed E-state index contributed by atoms with van der Waals surface area (Å²) in [6.07, 6.45) is 0. The van der Waals surface area contributed by atoms with E-state index in [0.717, 1.165) is 5.56 Å². The quantitative estimate of drug-likeness (QED) is 0.929. The van der Waals surface area contributed by atoms with Gasteiger partial charge in [0.25, 0.3) is 0 Å². The van der Waals surface area contributed by atoms with Crippen LogP contribution in [0.2, 0.25) is 0 Å². The predicted octanol–water partition coefficient (Wildman–Crippen LogP) is 3.64. The number of methoxy groups -OCH3 is 1. The van der Waals surface area contributed by atoms with Gasteiger partial charge in [0, 0.05) is 0 Å². The highest BCUT2D eigenvalue weighted by Crippen LogP contribution is 2.27. The van der Waals surface area contributed by atoms with Crippen LogP contribution in [0.5, 0.6) is 5.75 Å². The molecule has 2 aromatic rings. The molecule has 0 aliphatic rings. The fraction of sp³-hybridized carbons (Fsp3) is 0.250. The molecule has 2 aromatic carbocycles. The molecule has 0 aliphatic carbocycles. The van der Waals surface area contributed by atoms with Gasteiger partial charge in [-0.15, -0.1) is 0 Å². The maximum atomic E-state index is 13.7. The average molecular weight is 277 g/mol. The van der Waals surface area contributed by atoms with E-state index in [1.807, 2.05) is 0 Å². The summed E-state index contributed by atoms with van der Waals surface area (Å²) in [6.45, 7) is 3.38. The first-order chi connectivity index (χ1) is 9.43. The van der Waals surface area contributed by atoms with E-state index in [4.69, 9.17) is 10.5 Å². The van der Waals surface area contributed by atoms with Crippen LogP contribution in [-0.4, -0.2) is 7.11 Å². The van der Waals surface area contributed by atoms with Gasteiger partial charge in [-0.1, -0.05) is 18.2 Å². The largest absolute Gasteiger partial charge is 0.494 e. The third-order valence-corrected chi connectivity index (χ3v) is 3.35. The Morgan fingerprint density at radius 2 is 1.60 bits per heavy atom. The van der Waals surface area contributed by atoms with Gasteiger partial charge in [-0.3, -0.25) is 0 Å². The first-order valence-electron chi connectivity index (χ1n) is 6.29. The van der Waals surface area contributed by atoms with Crippen molar-refractivity contribution in [1.29, 1.82) is 0 Å². The van der Waals surface area contributed by atoms with Crippen LogP contribution in [0.25, 0.3) is 0 Å². The van der Waals surface area contributed by atoms with Crippen LogP contribution < -0.4 is 10.5 Å². The Labute approximate surface area is 117 Å². The summed E-state index contributed by atoms with van der Waals surface area (Å²) in [5.41, 5.74) is 8.57. The van der Waals surface area contributed by atoms with E-state index in [1.54, 1.807) is 32.0 Å². The lowest BCUT2D eigenvalue weighted by molar-refractivity contribution is 0.386. The van der Waals surface area contributed by atoms with E-state index in [0.29, 0.717) is 16.7 Å². The summed E-state index contributed by atoms with van der Waals surface area (Å²) in [7, 11) is 1.41. The molecule has 2 rings (SSSR count). The Kier molecular flexibility index (Phi) is 4.04. The zero-order valence-electron chi connectivity index (χ0n) is 11.7. The minimum Gasteiger partial charge on any atom is -0.494 e. The molecule has 0 amide bonds. The van der Waals surface area contributed by atoms with E-state index in [9.17, 15) is 8.78 Å². The third-order valence-electron chi connectivity index (χ3n) is 3.35. The molecule has 0 radical (unpaired) electrons. The van der Waals surface area contributed by atoms with Crippen molar-refractivity contribution >= 4 is 0 Å². The Balaban J connectivity index is 2.41. The molecule has 0 saturated heterocycles. The maximum absolute atomic E-state index is 13.7. The van der Waals surface area contributed by atoms with Crippen molar-refractivity contribution in [3.8, 4) is 5.75 Å². The van der Waals surface area contributed by atoms with Gasteiger partial charge in [0.1, 0.15) is 5.82 Å². The summed E-state index contributed by atoms with van der Waals surface area (Å²) in [6, 6.07) is 7.46. The standard InChI is InChI=1S/C16H17F2NO/c1-9-6-12(7-10(2)15(9)18)16(19)11-4-5-14(20-3)13(17)8-11/h4-8,16H,19H2,1-3H3. The van der Waals surface area contributed by atoms with Crippen LogP contribution in [0, 0.1) is 25.5 Å². The number of aryl methyl sites for hydroxylation is 2. The molecular formula is C16H17F2NO. The zero-order valence-corrected chi connectivity index (χ0v) is 11.7. The van der Waals surface area contributed by atoms with Gasteiger partial charge in [-0.25, -0.2) is 8.78 Å². The Hall–Kier alpha value is -1.94. The lowest BCUT2D eigenvalue weighted by atomic mass is 9.96. The number of hydrogen-bond acceptors (Lipinski definition) is 2. The summed E-state index contributed by atoms with van der Waals surface area (Å²) in [5.74, 6) is -0.523. The molecule has 0 heterocycles. The molecule has 2 N–H and O–H groups in total. The first-order valence-corrected chi connectivity index (χ1v) is 6.29. The van der Waals surface area contributed by atoms with Gasteiger partial charge < -0.3 is 10.5 Å². The topological polar surface area (TPSA) is 35.2 Å². The molecule has 2 nitrogen and oxygen atoms in total. The monoisotopic (exact) mass is 277 g/mol. The average Bonchev–Trinajstić information content (AvgIpc) is 2.43. The number of halogens is 2. The van der Waals surface area contributed by atoms with E-state index in [2.05, 4.69) is 0 Å². The SMILES string of the molecule is COc1ccc(C(N)c2cc(C)c(F)c(C)c2)cc1F. The van der Waals surface area contributed by atoms with Crippen LogP contribution in [-0.2, 0) is 0 Å². The molecule has 0 bridgehead atoms. The predicted molar refractivity (Wildman–Crippen MR) is 74.9 cm³/mol. The highest BCUT2D eigenvalue weighted by Gasteiger charge is 2.14. The van der Waals surface area contributed by atoms with Gasteiger partial charge in [0.2, 0.25) is 0 Å². The zero-order chi connectivity index (χ0) is 14.9. The van der Waals surface area contributed by atoms with Crippen molar-refractivity contribution in [2.45, 2.75) is 19.9 Å². The molecule has 1 atom stereocenters. The highest BCUT2D eigenvalue weighted by molar-refractivity contribution is 5.39. The fourth-order valence-electron chi connectivity index (χ4n) is 2.23. The minimum absolute atomic E-state index is 0.174. The van der Waals surface area contributed by atoms with Crippen molar-refractivity contribution in [1.82, 2.24) is 0 Å². The second-order valence-electron chi connectivity index (χ2n) is 4.84. The number of nitrogens with two attached hydrogens (primary N) is 1. The van der Waals surface area contributed by atoms with Crippen LogP contribution in [0.3, 0.4) is 0 Å². The van der Waals surface area contributed by atoms with Gasteiger partial charge in [-0.05, 0) is 48.2 Å². The van der Waals surface area contributed by atoms with Gasteiger partial charge in [-0.2, -0.15) is 0 Å². The Morgan fingerprint density at radius 3 is 2.10 bits per heavy atom. The van der Waals surface area contributed by atoms with Gasteiger partial charge >= 0.3 is 0 Å². The molecule has 0 spiro atoms. The molecule has 0 aromatic heterocycles. The number of rotatable bonds is 3. The second kappa shape index (κ2) is 5.59. The maximum Gasteiger partial charge on any atom is 0.165 e. The minimum atomic E-state index is -0.506. The third kappa shape index (κ3) is 2.65. The van der Waals surface area contributed by atoms with Gasteiger partial charge in [0.15, 0.2) is 11.6 Å². The van der Waals surface area contributed by atoms with E-state index in [-0.39, 0.29) is 11.6 Å². The summed E-state index contributed by atoms with van der Waals surface area (Å²) < 4.78 is 32.2. The van der Waals surface area contributed by atoms with Crippen molar-refractivity contribution in [3.63, 3.8) is 0 Å². The fourth-order valence-corrected chi connectivity index (χ4v) is 2.23. The Bertz CT molecular complexity index is 617. The van der Waals surface area contributed by atoms with E-state index >= 15 is 0 Å². The van der Waals surface area contributed by atoms with Crippen molar-refractivity contribution in [3.05, 3.63) is 64.2 Å². The summed E-state index contributed by atoms with van der Waals surface area (Å²) in [5, 5.41) is 0. The molecule has 0 aliphatic heterocycles. The van der Waals surface area contributed by atoms with Crippen molar-refractivity contribution in [2.24, 2.45) is 5.73 Å². The number of hydrogen-bond donors (Lipinski definition) is 1. The molecule has 0 fully saturated rings. The van der Waals surface area contributed by atoms with Crippen molar-refractivity contribution in [2.75, 3.05) is 7.11 Å². The first kappa shape index (κ1) is 14.5. The lowest BCUT2D eigenvalue weighted by Gasteiger charge is -2.15.